The van der Waals surface area contributed by atoms with Gasteiger partial charge in [-0.1, -0.05) is 42.5 Å². The lowest BCUT2D eigenvalue weighted by molar-refractivity contribution is -0.144. The number of nitrogens with two attached hydrogens (primary N) is 3. The van der Waals surface area contributed by atoms with Crippen molar-refractivity contribution in [2.24, 2.45) is 23.1 Å². The van der Waals surface area contributed by atoms with Gasteiger partial charge in [0.1, 0.15) is 6.04 Å². The van der Waals surface area contributed by atoms with Crippen molar-refractivity contribution >= 4 is 46.3 Å². The number of fused-ring (bicyclic) bond motifs is 1. The number of ketones is 1. The topological polar surface area (TPSA) is 228 Å². The maximum absolute atomic E-state index is 13.7. The third-order valence-corrected chi connectivity index (χ3v) is 7.91. The molecule has 0 unspecified atom stereocenters. The number of amides is 5. The van der Waals surface area contributed by atoms with Crippen LogP contribution in [0.4, 0.5) is 4.79 Å². The smallest absolute Gasteiger partial charge is 0.312 e. The highest BCUT2D eigenvalue weighted by Crippen LogP contribution is 2.22. The number of carbonyl (C=O) groups is 6. The van der Waals surface area contributed by atoms with Gasteiger partial charge >= 0.3 is 12.0 Å². The third-order valence-electron chi connectivity index (χ3n) is 7.91. The summed E-state index contributed by atoms with van der Waals surface area (Å²) in [6.07, 6.45) is 1.87. The van der Waals surface area contributed by atoms with Gasteiger partial charge in [-0.2, -0.15) is 0 Å². The van der Waals surface area contributed by atoms with Crippen LogP contribution in [0.5, 0.6) is 0 Å². The molecule has 0 bridgehead atoms. The van der Waals surface area contributed by atoms with Gasteiger partial charge in [-0.15, -0.1) is 0 Å². The second-order valence-electron chi connectivity index (χ2n) is 11.2. The van der Waals surface area contributed by atoms with Crippen LogP contribution in [0.25, 0.3) is 10.8 Å². The Hall–Kier alpha value is -4.52. The van der Waals surface area contributed by atoms with E-state index >= 15 is 0 Å². The van der Waals surface area contributed by atoms with E-state index in [1.165, 1.54) is 4.90 Å². The molecule has 0 aromatic heterocycles. The van der Waals surface area contributed by atoms with Crippen LogP contribution >= 0.6 is 0 Å². The first-order valence-electron chi connectivity index (χ1n) is 14.9. The van der Waals surface area contributed by atoms with E-state index in [0.29, 0.717) is 25.7 Å². The molecule has 2 aromatic carbocycles. The first kappa shape index (κ1) is 34.0. The molecule has 9 N–H and O–H groups in total. The lowest BCUT2D eigenvalue weighted by Gasteiger charge is -2.37. The number of likely N-dealkylation sites (tertiary alicyclic amines) is 1. The number of aliphatic carboxylic acids is 1. The zero-order valence-electron chi connectivity index (χ0n) is 24.7. The van der Waals surface area contributed by atoms with Crippen molar-refractivity contribution in [1.82, 2.24) is 15.5 Å². The summed E-state index contributed by atoms with van der Waals surface area (Å²) in [5.41, 5.74) is 17.5. The predicted molar refractivity (Wildman–Crippen MR) is 163 cm³/mol. The molecule has 1 aliphatic rings. The Morgan fingerprint density at radius 3 is 2.39 bits per heavy atom. The molecule has 13 nitrogen and oxygen atoms in total. The molecule has 1 heterocycles. The van der Waals surface area contributed by atoms with Gasteiger partial charge in [0.15, 0.2) is 5.78 Å². The lowest BCUT2D eigenvalue weighted by Crippen LogP contribution is -2.58. The number of Topliss-reactive ketones (excluding diaryl/α,β-unsaturated/α-hetero) is 1. The minimum absolute atomic E-state index is 0.0639. The number of urea groups is 1. The summed E-state index contributed by atoms with van der Waals surface area (Å²) < 4.78 is 0. The molecule has 0 radical (unpaired) electrons. The first-order chi connectivity index (χ1) is 21.0. The average Bonchev–Trinajstić information content (AvgIpc) is 3.00. The largest absolute Gasteiger partial charge is 0.481 e. The highest BCUT2D eigenvalue weighted by atomic mass is 16.4. The first-order valence-corrected chi connectivity index (χ1v) is 14.9. The number of nitrogens with one attached hydrogen (secondary N) is 2. The van der Waals surface area contributed by atoms with Crippen LogP contribution in [0.2, 0.25) is 0 Å². The van der Waals surface area contributed by atoms with Crippen molar-refractivity contribution in [3.8, 4) is 0 Å². The van der Waals surface area contributed by atoms with E-state index in [4.69, 9.17) is 22.3 Å². The van der Waals surface area contributed by atoms with E-state index in [0.717, 1.165) is 16.3 Å². The molecule has 5 amide bonds. The summed E-state index contributed by atoms with van der Waals surface area (Å²) in [5.74, 6) is -4.01. The van der Waals surface area contributed by atoms with Crippen molar-refractivity contribution in [3.05, 3.63) is 48.0 Å². The lowest BCUT2D eigenvalue weighted by atomic mass is 9.90. The van der Waals surface area contributed by atoms with Crippen LogP contribution < -0.4 is 27.8 Å². The molecule has 238 valence electrons. The number of hydrogen-bond acceptors (Lipinski definition) is 7. The number of nitrogens with zero attached hydrogens (tertiary/aromatic N) is 1. The fourth-order valence-corrected chi connectivity index (χ4v) is 5.49. The van der Waals surface area contributed by atoms with Gasteiger partial charge in [0.25, 0.3) is 0 Å². The zero-order chi connectivity index (χ0) is 32.2. The molecule has 0 spiro atoms. The summed E-state index contributed by atoms with van der Waals surface area (Å²) in [6.45, 7) is 0.495. The Morgan fingerprint density at radius 1 is 0.977 bits per heavy atom. The van der Waals surface area contributed by atoms with E-state index in [9.17, 15) is 28.8 Å². The zero-order valence-corrected chi connectivity index (χ0v) is 24.7. The minimum atomic E-state index is -1.07. The van der Waals surface area contributed by atoms with Crippen molar-refractivity contribution in [3.63, 3.8) is 0 Å². The maximum atomic E-state index is 13.7. The van der Waals surface area contributed by atoms with Gasteiger partial charge in [0.05, 0.1) is 12.1 Å². The van der Waals surface area contributed by atoms with Crippen molar-refractivity contribution in [2.45, 2.75) is 75.9 Å². The molecule has 3 rings (SSSR count). The monoisotopic (exact) mass is 610 g/mol. The standard InChI is InChI=1S/C31H42N6O7/c32-23(12-13-27(39)40)30(43)37-15-4-3-9-25(37)29(42)36-24(17-19-10-11-20-6-1-2-7-21(20)16-19)26(38)18-22(28(33)41)8-5-14-35-31(34)44/h1-2,6-7,10-11,16,22-25H,3-5,8-9,12-15,17-18,32H2,(H2,33,41)(H,36,42)(H,39,40)(H3,34,35,44)/t22-,23+,24+,25+/m1/s1. The van der Waals surface area contributed by atoms with Crippen molar-refractivity contribution in [1.29, 1.82) is 0 Å². The molecule has 4 atom stereocenters. The Morgan fingerprint density at radius 2 is 1.70 bits per heavy atom. The van der Waals surface area contributed by atoms with E-state index in [1.807, 2.05) is 42.5 Å². The van der Waals surface area contributed by atoms with Gasteiger partial charge < -0.3 is 37.8 Å². The highest BCUT2D eigenvalue weighted by molar-refractivity contribution is 5.95. The van der Waals surface area contributed by atoms with Crippen LogP contribution in [-0.4, -0.2) is 76.7 Å². The normalized spacial score (nSPS) is 16.8. The fourth-order valence-electron chi connectivity index (χ4n) is 5.49. The van der Waals surface area contributed by atoms with Crippen LogP contribution in [0, 0.1) is 5.92 Å². The molecule has 13 heteroatoms. The third kappa shape index (κ3) is 10.0. The molecular formula is C31H42N6O7. The highest BCUT2D eigenvalue weighted by Gasteiger charge is 2.36. The van der Waals surface area contributed by atoms with Gasteiger partial charge in [-0.25, -0.2) is 4.79 Å². The molecular weight excluding hydrogens is 568 g/mol. The van der Waals surface area contributed by atoms with Gasteiger partial charge in [-0.05, 0) is 61.3 Å². The Labute approximate surface area is 255 Å². The van der Waals surface area contributed by atoms with Crippen LogP contribution in [-0.2, 0) is 30.4 Å². The number of primary amides is 2. The molecule has 1 fully saturated rings. The van der Waals surface area contributed by atoms with Crippen LogP contribution in [0.1, 0.15) is 56.9 Å². The van der Waals surface area contributed by atoms with Crippen molar-refractivity contribution in [2.75, 3.05) is 13.1 Å². The van der Waals surface area contributed by atoms with E-state index in [2.05, 4.69) is 10.6 Å². The average molecular weight is 611 g/mol. The maximum Gasteiger partial charge on any atom is 0.312 e. The van der Waals surface area contributed by atoms with Gasteiger partial charge in [0, 0.05) is 31.8 Å². The Balaban J connectivity index is 1.81. The number of carbonyl (C=O) groups excluding carboxylic acids is 5. The van der Waals surface area contributed by atoms with Crippen molar-refractivity contribution < 1.29 is 33.9 Å². The fraction of sp³-hybridized carbons (Fsp3) is 0.484. The predicted octanol–water partition coefficient (Wildman–Crippen LogP) is 0.950. The summed E-state index contributed by atoms with van der Waals surface area (Å²) in [4.78, 5) is 76.0. The molecule has 1 saturated heterocycles. The summed E-state index contributed by atoms with van der Waals surface area (Å²) in [5, 5.41) is 16.2. The summed E-state index contributed by atoms with van der Waals surface area (Å²) >= 11 is 0. The minimum Gasteiger partial charge on any atom is -0.481 e. The van der Waals surface area contributed by atoms with Gasteiger partial charge in [-0.3, -0.25) is 24.0 Å². The number of carboxylic acids is 1. The van der Waals surface area contributed by atoms with Gasteiger partial charge in [0.2, 0.25) is 17.7 Å². The molecule has 2 aromatic rings. The number of piperidine rings is 1. The van der Waals surface area contributed by atoms with E-state index < -0.39 is 59.5 Å². The summed E-state index contributed by atoms with van der Waals surface area (Å²) in [7, 11) is 0. The second kappa shape index (κ2) is 16.4. The summed E-state index contributed by atoms with van der Waals surface area (Å²) in [6, 6.07) is 9.77. The molecule has 0 saturated carbocycles. The number of rotatable bonds is 16. The molecule has 44 heavy (non-hydrogen) atoms. The van der Waals surface area contributed by atoms with E-state index in [-0.39, 0.29) is 45.2 Å². The SMILES string of the molecule is NC(=O)NCCC[C@H](CC(=O)[C@H](Cc1ccc2ccccc2c1)NC(=O)[C@@H]1CCCCN1C(=O)[C@@H](N)CCC(=O)O)C(N)=O. The Kier molecular flexibility index (Phi) is 12.6. The number of hydrogen-bond donors (Lipinski definition) is 6. The molecule has 1 aliphatic heterocycles. The number of carboxylic acid groups (broad SMARTS) is 1. The second-order valence-corrected chi connectivity index (χ2v) is 11.2. The Bertz CT molecular complexity index is 1370. The van der Waals surface area contributed by atoms with E-state index in [1.54, 1.807) is 0 Å². The van der Waals surface area contributed by atoms with Crippen LogP contribution in [0.3, 0.4) is 0 Å². The number of benzene rings is 2. The molecule has 0 aliphatic carbocycles. The van der Waals surface area contributed by atoms with Crippen LogP contribution in [0.15, 0.2) is 42.5 Å². The quantitative estimate of drug-likeness (QED) is 0.150.